The zero-order valence-electron chi connectivity index (χ0n) is 7.18. The molecule has 2 aliphatic carbocycles. The fourth-order valence-corrected chi connectivity index (χ4v) is 2.55. The molecule has 0 aliphatic heterocycles. The molecule has 0 spiro atoms. The molecule has 65 valence electrons. The molecule has 1 amide bonds. The maximum atomic E-state index is 11.2. The number of carbonyl (C=O) groups excluding carboxylic acids is 1. The number of fused-ring (bicyclic) bond motifs is 2. The van der Waals surface area contributed by atoms with Crippen molar-refractivity contribution in [1.82, 2.24) is 0 Å². The summed E-state index contributed by atoms with van der Waals surface area (Å²) in [6.45, 7) is 3.95. The molecule has 2 saturated carbocycles. The second-order valence-electron chi connectivity index (χ2n) is 4.12. The van der Waals surface area contributed by atoms with E-state index in [2.05, 4.69) is 13.0 Å². The van der Waals surface area contributed by atoms with Gasteiger partial charge >= 0.3 is 0 Å². The molecule has 2 rings (SSSR count). The zero-order valence-corrected chi connectivity index (χ0v) is 7.18. The molecule has 1 radical (unpaired) electrons. The van der Waals surface area contributed by atoms with Crippen LogP contribution < -0.4 is 5.73 Å². The van der Waals surface area contributed by atoms with Gasteiger partial charge in [0.05, 0.1) is 5.41 Å². The van der Waals surface area contributed by atoms with Gasteiger partial charge in [0, 0.05) is 0 Å². The molecule has 0 aromatic carbocycles. The lowest BCUT2D eigenvalue weighted by Gasteiger charge is -2.30. The van der Waals surface area contributed by atoms with Gasteiger partial charge in [-0.15, -0.1) is 0 Å². The Labute approximate surface area is 72.8 Å². The zero-order chi connectivity index (χ0) is 8.77. The minimum atomic E-state index is -0.319. The maximum Gasteiger partial charge on any atom is 0.224 e. The Morgan fingerprint density at radius 3 is 3.17 bits per heavy atom. The van der Waals surface area contributed by atoms with Crippen LogP contribution in [0.2, 0.25) is 0 Å². The molecule has 2 nitrogen and oxygen atoms in total. The Hall–Kier alpha value is -0.790. The van der Waals surface area contributed by atoms with Crippen LogP contribution in [0.3, 0.4) is 0 Å². The molecule has 2 bridgehead atoms. The summed E-state index contributed by atoms with van der Waals surface area (Å²) in [5.41, 5.74) is 6.26. The molecule has 0 saturated heterocycles. The third-order valence-electron chi connectivity index (χ3n) is 3.12. The van der Waals surface area contributed by atoms with Crippen molar-refractivity contribution in [2.75, 3.05) is 0 Å². The predicted octanol–water partition coefficient (Wildman–Crippen LogP) is 1.42. The average molecular weight is 164 g/mol. The van der Waals surface area contributed by atoms with Crippen molar-refractivity contribution >= 4 is 5.91 Å². The maximum absolute atomic E-state index is 11.2. The highest BCUT2D eigenvalue weighted by molar-refractivity contribution is 5.83. The normalized spacial score (nSPS) is 40.0. The third-order valence-corrected chi connectivity index (χ3v) is 3.12. The molecule has 2 heteroatoms. The first-order chi connectivity index (χ1) is 5.62. The van der Waals surface area contributed by atoms with Gasteiger partial charge in [-0.2, -0.15) is 0 Å². The number of rotatable bonds is 1. The highest BCUT2D eigenvalue weighted by Gasteiger charge is 2.47. The van der Waals surface area contributed by atoms with Gasteiger partial charge in [0.1, 0.15) is 0 Å². The summed E-state index contributed by atoms with van der Waals surface area (Å²) in [6, 6.07) is 0. The summed E-state index contributed by atoms with van der Waals surface area (Å²) in [5, 5.41) is 0. The number of primary amides is 1. The molecule has 12 heavy (non-hydrogen) atoms. The molecule has 0 aromatic rings. The standard InChI is InChI=1S/C10H14NO/c1-7-4-8-2-3-10(5-7,6-8)9(11)12/h6,8H,1-5H2,(H2,11,12). The first kappa shape index (κ1) is 7.84. The summed E-state index contributed by atoms with van der Waals surface area (Å²) in [7, 11) is 0. The number of carbonyl (C=O) groups is 1. The van der Waals surface area contributed by atoms with E-state index in [1.54, 1.807) is 0 Å². The van der Waals surface area contributed by atoms with Gasteiger partial charge in [0.25, 0.3) is 0 Å². The number of amides is 1. The van der Waals surface area contributed by atoms with Crippen molar-refractivity contribution in [3.63, 3.8) is 0 Å². The van der Waals surface area contributed by atoms with E-state index < -0.39 is 0 Å². The molecule has 2 fully saturated rings. The van der Waals surface area contributed by atoms with Gasteiger partial charge in [0.2, 0.25) is 5.91 Å². The Bertz CT molecular complexity index is 246. The van der Waals surface area contributed by atoms with Crippen LogP contribution in [0, 0.1) is 17.8 Å². The van der Waals surface area contributed by atoms with E-state index in [1.807, 2.05) is 0 Å². The van der Waals surface area contributed by atoms with Crippen LogP contribution in [-0.2, 0) is 4.79 Å². The summed E-state index contributed by atoms with van der Waals surface area (Å²) >= 11 is 0. The highest BCUT2D eigenvalue weighted by Crippen LogP contribution is 2.51. The van der Waals surface area contributed by atoms with Crippen LogP contribution in [-0.4, -0.2) is 5.91 Å². The van der Waals surface area contributed by atoms with Crippen LogP contribution >= 0.6 is 0 Å². The topological polar surface area (TPSA) is 43.1 Å². The van der Waals surface area contributed by atoms with E-state index in [1.165, 1.54) is 5.57 Å². The van der Waals surface area contributed by atoms with Gasteiger partial charge < -0.3 is 5.73 Å². The summed E-state index contributed by atoms with van der Waals surface area (Å²) in [6.07, 6.45) is 6.06. The number of hydrogen-bond donors (Lipinski definition) is 1. The van der Waals surface area contributed by atoms with Crippen molar-refractivity contribution < 1.29 is 4.79 Å². The quantitative estimate of drug-likeness (QED) is 0.585. The molecular formula is C10H14NO. The number of hydrogen-bond acceptors (Lipinski definition) is 1. The van der Waals surface area contributed by atoms with Crippen LogP contribution in [0.25, 0.3) is 0 Å². The second kappa shape index (κ2) is 2.35. The van der Waals surface area contributed by atoms with Crippen LogP contribution in [0.5, 0.6) is 0 Å². The van der Waals surface area contributed by atoms with Crippen LogP contribution in [0.15, 0.2) is 12.2 Å². The summed E-state index contributed by atoms with van der Waals surface area (Å²) in [5.74, 6) is 0.407. The van der Waals surface area contributed by atoms with Gasteiger partial charge in [-0.25, -0.2) is 0 Å². The average Bonchev–Trinajstić information content (AvgIpc) is 2.28. The molecular weight excluding hydrogens is 150 g/mol. The Kier molecular flexibility index (Phi) is 1.53. The molecule has 2 atom stereocenters. The first-order valence-electron chi connectivity index (χ1n) is 4.45. The van der Waals surface area contributed by atoms with E-state index in [0.717, 1.165) is 25.7 Å². The minimum Gasteiger partial charge on any atom is -0.369 e. The lowest BCUT2D eigenvalue weighted by Crippen LogP contribution is -2.37. The molecule has 2 N–H and O–H groups in total. The Morgan fingerprint density at radius 1 is 1.75 bits per heavy atom. The number of allylic oxidation sites excluding steroid dienone is 1. The lowest BCUT2D eigenvalue weighted by molar-refractivity contribution is -0.125. The smallest absolute Gasteiger partial charge is 0.224 e. The minimum absolute atomic E-state index is 0.161. The number of nitrogens with two attached hydrogens (primary N) is 1. The van der Waals surface area contributed by atoms with E-state index in [0.29, 0.717) is 5.92 Å². The summed E-state index contributed by atoms with van der Waals surface area (Å²) in [4.78, 5) is 11.2. The predicted molar refractivity (Wildman–Crippen MR) is 47.0 cm³/mol. The van der Waals surface area contributed by atoms with Crippen molar-refractivity contribution in [3.05, 3.63) is 18.6 Å². The van der Waals surface area contributed by atoms with Crippen LogP contribution in [0.1, 0.15) is 25.7 Å². The van der Waals surface area contributed by atoms with Crippen molar-refractivity contribution in [3.8, 4) is 0 Å². The molecule has 0 aromatic heterocycles. The van der Waals surface area contributed by atoms with Gasteiger partial charge in [0.15, 0.2) is 0 Å². The molecule has 0 heterocycles. The summed E-state index contributed by atoms with van der Waals surface area (Å²) < 4.78 is 0. The Morgan fingerprint density at radius 2 is 2.50 bits per heavy atom. The second-order valence-corrected chi connectivity index (χ2v) is 4.12. The van der Waals surface area contributed by atoms with Gasteiger partial charge in [-0.05, 0) is 38.0 Å². The lowest BCUT2D eigenvalue weighted by atomic mass is 9.73. The van der Waals surface area contributed by atoms with Gasteiger partial charge in [-0.1, -0.05) is 12.2 Å². The van der Waals surface area contributed by atoms with Crippen molar-refractivity contribution in [2.45, 2.75) is 25.7 Å². The first-order valence-corrected chi connectivity index (χ1v) is 4.45. The third kappa shape index (κ3) is 0.977. The highest BCUT2D eigenvalue weighted by atomic mass is 16.1. The van der Waals surface area contributed by atoms with Crippen molar-refractivity contribution in [1.29, 1.82) is 0 Å². The molecule has 2 unspecified atom stereocenters. The van der Waals surface area contributed by atoms with Crippen molar-refractivity contribution in [2.24, 2.45) is 17.1 Å². The fourth-order valence-electron chi connectivity index (χ4n) is 2.55. The van der Waals surface area contributed by atoms with E-state index in [-0.39, 0.29) is 11.3 Å². The largest absolute Gasteiger partial charge is 0.369 e. The van der Waals surface area contributed by atoms with E-state index >= 15 is 0 Å². The van der Waals surface area contributed by atoms with Crippen LogP contribution in [0.4, 0.5) is 0 Å². The van der Waals surface area contributed by atoms with E-state index in [9.17, 15) is 4.79 Å². The monoisotopic (exact) mass is 164 g/mol. The molecule has 2 aliphatic rings. The fraction of sp³-hybridized carbons (Fsp3) is 0.600. The van der Waals surface area contributed by atoms with E-state index in [4.69, 9.17) is 5.73 Å². The SMILES string of the molecule is C=C1CC2[CH]C(C(N)=O)(CC2)C1. The Balaban J connectivity index is 2.27. The van der Waals surface area contributed by atoms with Gasteiger partial charge in [-0.3, -0.25) is 4.79 Å².